The highest BCUT2D eigenvalue weighted by Crippen LogP contribution is 2.32. The van der Waals surface area contributed by atoms with Crippen LogP contribution >= 0.6 is 0 Å². The van der Waals surface area contributed by atoms with E-state index in [1.165, 1.54) is 23.3 Å². The number of allylic oxidation sites excluding steroid dienone is 1. The van der Waals surface area contributed by atoms with Crippen molar-refractivity contribution in [3.05, 3.63) is 82.4 Å². The van der Waals surface area contributed by atoms with Crippen molar-refractivity contribution in [1.29, 1.82) is 0 Å². The van der Waals surface area contributed by atoms with Crippen molar-refractivity contribution in [2.24, 2.45) is 0 Å². The first-order chi connectivity index (χ1) is 12.0. The molecule has 0 saturated heterocycles. The van der Waals surface area contributed by atoms with Crippen molar-refractivity contribution in [3.8, 4) is 0 Å². The first kappa shape index (κ1) is 15.6. The zero-order valence-electron chi connectivity index (χ0n) is 14.4. The van der Waals surface area contributed by atoms with Crippen LogP contribution in [0.15, 0.2) is 48.5 Å². The van der Waals surface area contributed by atoms with E-state index in [-0.39, 0.29) is 11.9 Å². The zero-order valence-corrected chi connectivity index (χ0v) is 14.4. The number of fused-ring (bicyclic) bond motifs is 1. The van der Waals surface area contributed by atoms with Crippen molar-refractivity contribution in [2.45, 2.75) is 26.8 Å². The minimum atomic E-state index is -0.244. The van der Waals surface area contributed by atoms with Gasteiger partial charge in [-0.25, -0.2) is 9.07 Å². The normalized spacial score (nSPS) is 16.2. The van der Waals surface area contributed by atoms with Gasteiger partial charge in [-0.1, -0.05) is 24.3 Å². The minimum absolute atomic E-state index is 0.130. The average molecular weight is 334 g/mol. The van der Waals surface area contributed by atoms with E-state index >= 15 is 0 Å². The standard InChI is InChI=1S/C20H19FN4/c1-12-4-5-16(10-13(12)2)18-11-19(15-6-8-17(21)9-7-15)25-20(23-18)22-14(3)24-25/h4-11,19H,1-3H3,(H,22,23,24)/t19-/m0/s1. The van der Waals surface area contributed by atoms with Gasteiger partial charge in [-0.2, -0.15) is 10.1 Å². The molecule has 0 amide bonds. The van der Waals surface area contributed by atoms with Crippen molar-refractivity contribution >= 4 is 11.6 Å². The van der Waals surface area contributed by atoms with E-state index in [1.54, 1.807) is 12.1 Å². The SMILES string of the molecule is Cc1nc2n(n1)[C@H](c1ccc(F)cc1)C=C(c1ccc(C)c(C)c1)N2. The number of hydrogen-bond donors (Lipinski definition) is 1. The Hall–Kier alpha value is -2.95. The number of hydrogen-bond acceptors (Lipinski definition) is 3. The van der Waals surface area contributed by atoms with Crippen LogP contribution in [0.3, 0.4) is 0 Å². The van der Waals surface area contributed by atoms with Gasteiger partial charge in [0.2, 0.25) is 5.95 Å². The van der Waals surface area contributed by atoms with Gasteiger partial charge in [0.25, 0.3) is 0 Å². The molecule has 5 heteroatoms. The fraction of sp³-hybridized carbons (Fsp3) is 0.200. The molecule has 0 radical (unpaired) electrons. The lowest BCUT2D eigenvalue weighted by Crippen LogP contribution is -2.20. The van der Waals surface area contributed by atoms with Gasteiger partial charge in [0.1, 0.15) is 17.7 Å². The Morgan fingerprint density at radius 1 is 1.00 bits per heavy atom. The Kier molecular flexibility index (Phi) is 3.64. The highest BCUT2D eigenvalue weighted by molar-refractivity contribution is 5.77. The zero-order chi connectivity index (χ0) is 17.6. The Labute approximate surface area is 146 Å². The third-order valence-electron chi connectivity index (χ3n) is 4.60. The molecule has 4 nitrogen and oxygen atoms in total. The van der Waals surface area contributed by atoms with Crippen molar-refractivity contribution in [2.75, 3.05) is 5.32 Å². The molecule has 4 rings (SSSR count). The van der Waals surface area contributed by atoms with Crippen molar-refractivity contribution in [3.63, 3.8) is 0 Å². The maximum absolute atomic E-state index is 13.3. The molecule has 25 heavy (non-hydrogen) atoms. The van der Waals surface area contributed by atoms with Gasteiger partial charge in [0.05, 0.1) is 0 Å². The molecule has 0 fully saturated rings. The quantitative estimate of drug-likeness (QED) is 0.755. The van der Waals surface area contributed by atoms with Gasteiger partial charge in [0.15, 0.2) is 0 Å². The topological polar surface area (TPSA) is 42.7 Å². The fourth-order valence-corrected chi connectivity index (χ4v) is 3.07. The average Bonchev–Trinajstić information content (AvgIpc) is 2.97. The molecule has 0 saturated carbocycles. The summed E-state index contributed by atoms with van der Waals surface area (Å²) in [6.07, 6.45) is 2.11. The number of aromatic nitrogens is 3. The monoisotopic (exact) mass is 334 g/mol. The first-order valence-electron chi connectivity index (χ1n) is 8.26. The van der Waals surface area contributed by atoms with E-state index in [9.17, 15) is 4.39 Å². The van der Waals surface area contributed by atoms with Gasteiger partial charge >= 0.3 is 0 Å². The second-order valence-electron chi connectivity index (χ2n) is 6.43. The number of aryl methyl sites for hydroxylation is 3. The van der Waals surface area contributed by atoms with Crippen LogP contribution in [-0.4, -0.2) is 14.8 Å². The van der Waals surface area contributed by atoms with Crippen LogP contribution < -0.4 is 5.32 Å². The molecule has 1 aliphatic rings. The summed E-state index contributed by atoms with van der Waals surface area (Å²) in [5, 5.41) is 7.86. The Bertz CT molecular complexity index is 970. The van der Waals surface area contributed by atoms with Crippen LogP contribution in [-0.2, 0) is 0 Å². The highest BCUT2D eigenvalue weighted by atomic mass is 19.1. The number of halogens is 1. The maximum Gasteiger partial charge on any atom is 0.226 e. The van der Waals surface area contributed by atoms with Gasteiger partial charge in [-0.3, -0.25) is 0 Å². The van der Waals surface area contributed by atoms with Crippen LogP contribution in [0.4, 0.5) is 10.3 Å². The summed E-state index contributed by atoms with van der Waals surface area (Å²) in [4.78, 5) is 4.49. The van der Waals surface area contributed by atoms with Gasteiger partial charge in [0, 0.05) is 5.70 Å². The third kappa shape index (κ3) is 2.82. The van der Waals surface area contributed by atoms with Gasteiger partial charge in [-0.15, -0.1) is 0 Å². The third-order valence-corrected chi connectivity index (χ3v) is 4.60. The summed E-state index contributed by atoms with van der Waals surface area (Å²) < 4.78 is 15.2. The molecule has 0 aliphatic carbocycles. The number of benzene rings is 2. The summed E-state index contributed by atoms with van der Waals surface area (Å²) in [7, 11) is 0. The van der Waals surface area contributed by atoms with Crippen LogP contribution in [0, 0.1) is 26.6 Å². The highest BCUT2D eigenvalue weighted by Gasteiger charge is 2.24. The van der Waals surface area contributed by atoms with Crippen LogP contribution in [0.25, 0.3) is 5.70 Å². The lowest BCUT2D eigenvalue weighted by atomic mass is 9.99. The molecule has 0 unspecified atom stereocenters. The number of anilines is 1. The molecule has 2 heterocycles. The number of nitrogens with one attached hydrogen (secondary N) is 1. The fourth-order valence-electron chi connectivity index (χ4n) is 3.07. The summed E-state index contributed by atoms with van der Waals surface area (Å²) in [5.41, 5.74) is 5.55. The lowest BCUT2D eigenvalue weighted by molar-refractivity contribution is 0.600. The smallest absolute Gasteiger partial charge is 0.226 e. The predicted octanol–water partition coefficient (Wildman–Crippen LogP) is 4.40. The molecule has 1 aromatic heterocycles. The molecule has 3 aromatic rings. The van der Waals surface area contributed by atoms with E-state index in [4.69, 9.17) is 0 Å². The molecule has 1 aliphatic heterocycles. The lowest BCUT2D eigenvalue weighted by Gasteiger charge is -2.24. The Morgan fingerprint density at radius 2 is 1.76 bits per heavy atom. The Balaban J connectivity index is 1.83. The summed E-state index contributed by atoms with van der Waals surface area (Å²) in [6, 6.07) is 12.8. The van der Waals surface area contributed by atoms with E-state index < -0.39 is 0 Å². The number of rotatable bonds is 2. The molecular weight excluding hydrogens is 315 g/mol. The van der Waals surface area contributed by atoms with E-state index in [0.717, 1.165) is 16.8 Å². The summed E-state index contributed by atoms with van der Waals surface area (Å²) in [5.74, 6) is 1.15. The summed E-state index contributed by atoms with van der Waals surface area (Å²) >= 11 is 0. The maximum atomic E-state index is 13.3. The molecule has 126 valence electrons. The first-order valence-corrected chi connectivity index (χ1v) is 8.26. The van der Waals surface area contributed by atoms with E-state index in [2.05, 4.69) is 53.5 Å². The van der Waals surface area contributed by atoms with Gasteiger partial charge in [-0.05, 0) is 67.3 Å². The van der Waals surface area contributed by atoms with Crippen molar-refractivity contribution in [1.82, 2.24) is 14.8 Å². The largest absolute Gasteiger partial charge is 0.324 e. The number of nitrogens with zero attached hydrogens (tertiary/aromatic N) is 3. The predicted molar refractivity (Wildman–Crippen MR) is 96.8 cm³/mol. The molecule has 1 atom stereocenters. The van der Waals surface area contributed by atoms with Gasteiger partial charge < -0.3 is 5.32 Å². The minimum Gasteiger partial charge on any atom is -0.324 e. The van der Waals surface area contributed by atoms with E-state index in [0.29, 0.717) is 11.8 Å². The molecule has 2 aromatic carbocycles. The molecule has 1 N–H and O–H groups in total. The summed E-state index contributed by atoms with van der Waals surface area (Å²) in [6.45, 7) is 6.07. The second-order valence-corrected chi connectivity index (χ2v) is 6.43. The molecular formula is C20H19FN4. The van der Waals surface area contributed by atoms with Crippen LogP contribution in [0.1, 0.15) is 34.1 Å². The van der Waals surface area contributed by atoms with E-state index in [1.807, 2.05) is 11.6 Å². The molecule has 0 bridgehead atoms. The van der Waals surface area contributed by atoms with Crippen LogP contribution in [0.2, 0.25) is 0 Å². The van der Waals surface area contributed by atoms with Crippen molar-refractivity contribution < 1.29 is 4.39 Å². The van der Waals surface area contributed by atoms with Crippen LogP contribution in [0.5, 0.6) is 0 Å². The Morgan fingerprint density at radius 3 is 2.48 bits per heavy atom. The second kappa shape index (κ2) is 5.84. The molecule has 0 spiro atoms.